The zero-order chi connectivity index (χ0) is 12.4. The Bertz CT molecular complexity index is 414. The molecule has 4 nitrogen and oxygen atoms in total. The van der Waals surface area contributed by atoms with E-state index in [-0.39, 0.29) is 17.7 Å². The SMILES string of the molecule is CC1=CC(=O)N(C(C#N)C2CCCCC2)C1=O. The van der Waals surface area contributed by atoms with Crippen LogP contribution in [0, 0.1) is 17.2 Å². The third kappa shape index (κ3) is 2.10. The first-order valence-electron chi connectivity index (χ1n) is 6.10. The van der Waals surface area contributed by atoms with Gasteiger partial charge in [0.25, 0.3) is 11.8 Å². The quantitative estimate of drug-likeness (QED) is 0.682. The maximum absolute atomic E-state index is 11.8. The molecular formula is C13H16N2O2. The van der Waals surface area contributed by atoms with Crippen molar-refractivity contribution in [3.63, 3.8) is 0 Å². The lowest BCUT2D eigenvalue weighted by atomic mass is 9.83. The Hall–Kier alpha value is -1.63. The van der Waals surface area contributed by atoms with Gasteiger partial charge in [0, 0.05) is 11.6 Å². The molecule has 0 bridgehead atoms. The van der Waals surface area contributed by atoms with Gasteiger partial charge in [0.05, 0.1) is 6.07 Å². The van der Waals surface area contributed by atoms with E-state index in [2.05, 4.69) is 6.07 Å². The molecule has 1 unspecified atom stereocenters. The van der Waals surface area contributed by atoms with Crippen molar-refractivity contribution in [1.29, 1.82) is 5.26 Å². The van der Waals surface area contributed by atoms with Gasteiger partial charge in [-0.2, -0.15) is 5.26 Å². The highest BCUT2D eigenvalue weighted by Gasteiger charge is 2.38. The van der Waals surface area contributed by atoms with E-state index < -0.39 is 6.04 Å². The highest BCUT2D eigenvalue weighted by Crippen LogP contribution is 2.30. The first-order valence-corrected chi connectivity index (χ1v) is 6.10. The van der Waals surface area contributed by atoms with Crippen LogP contribution < -0.4 is 0 Å². The summed E-state index contributed by atoms with van der Waals surface area (Å²) in [4.78, 5) is 24.7. The number of hydrogen-bond donors (Lipinski definition) is 0. The van der Waals surface area contributed by atoms with Crippen LogP contribution >= 0.6 is 0 Å². The number of hydrogen-bond acceptors (Lipinski definition) is 3. The van der Waals surface area contributed by atoms with Crippen LogP contribution in [0.25, 0.3) is 0 Å². The molecule has 1 heterocycles. The van der Waals surface area contributed by atoms with Gasteiger partial charge in [-0.3, -0.25) is 14.5 Å². The normalized spacial score (nSPS) is 23.5. The molecule has 0 aromatic rings. The van der Waals surface area contributed by atoms with E-state index in [0.717, 1.165) is 30.6 Å². The molecule has 17 heavy (non-hydrogen) atoms. The van der Waals surface area contributed by atoms with E-state index in [0.29, 0.717) is 5.57 Å². The lowest BCUT2D eigenvalue weighted by Crippen LogP contribution is -2.44. The zero-order valence-corrected chi connectivity index (χ0v) is 9.98. The summed E-state index contributed by atoms with van der Waals surface area (Å²) >= 11 is 0. The number of amides is 2. The Balaban J connectivity index is 2.17. The van der Waals surface area contributed by atoms with E-state index >= 15 is 0 Å². The lowest BCUT2D eigenvalue weighted by Gasteiger charge is -2.30. The van der Waals surface area contributed by atoms with Crippen LogP contribution in [0.15, 0.2) is 11.6 Å². The fraction of sp³-hybridized carbons (Fsp3) is 0.615. The Morgan fingerprint density at radius 3 is 2.47 bits per heavy atom. The van der Waals surface area contributed by atoms with Crippen LogP contribution in [-0.2, 0) is 9.59 Å². The summed E-state index contributed by atoms with van der Waals surface area (Å²) in [7, 11) is 0. The fourth-order valence-electron chi connectivity index (χ4n) is 2.69. The smallest absolute Gasteiger partial charge is 0.257 e. The Morgan fingerprint density at radius 1 is 1.35 bits per heavy atom. The zero-order valence-electron chi connectivity index (χ0n) is 9.98. The summed E-state index contributed by atoms with van der Waals surface area (Å²) in [5, 5.41) is 9.24. The predicted octanol–water partition coefficient (Wildman–Crippen LogP) is 1.77. The molecule has 1 saturated carbocycles. The topological polar surface area (TPSA) is 61.2 Å². The van der Waals surface area contributed by atoms with Gasteiger partial charge in [0.15, 0.2) is 0 Å². The number of imide groups is 1. The molecule has 0 radical (unpaired) electrons. The molecule has 1 aliphatic carbocycles. The first-order chi connectivity index (χ1) is 8.15. The molecule has 1 fully saturated rings. The average molecular weight is 232 g/mol. The van der Waals surface area contributed by atoms with Crippen molar-refractivity contribution in [2.24, 2.45) is 5.92 Å². The monoisotopic (exact) mass is 232 g/mol. The highest BCUT2D eigenvalue weighted by molar-refractivity contribution is 6.16. The maximum atomic E-state index is 11.8. The molecule has 90 valence electrons. The number of nitriles is 1. The van der Waals surface area contributed by atoms with Gasteiger partial charge in [-0.1, -0.05) is 19.3 Å². The summed E-state index contributed by atoms with van der Waals surface area (Å²) in [6.45, 7) is 1.62. The largest absolute Gasteiger partial charge is 0.269 e. The van der Waals surface area contributed by atoms with Gasteiger partial charge in [0.2, 0.25) is 0 Å². The second-order valence-corrected chi connectivity index (χ2v) is 4.81. The minimum absolute atomic E-state index is 0.154. The molecule has 0 saturated heterocycles. The molecular weight excluding hydrogens is 216 g/mol. The summed E-state index contributed by atoms with van der Waals surface area (Å²) in [6, 6.07) is 1.57. The van der Waals surface area contributed by atoms with E-state index in [1.807, 2.05) is 0 Å². The van der Waals surface area contributed by atoms with Gasteiger partial charge >= 0.3 is 0 Å². The van der Waals surface area contributed by atoms with Crippen LogP contribution in [-0.4, -0.2) is 22.8 Å². The van der Waals surface area contributed by atoms with Crippen molar-refractivity contribution in [1.82, 2.24) is 4.90 Å². The minimum Gasteiger partial charge on any atom is -0.269 e. The summed E-state index contributed by atoms with van der Waals surface area (Å²) in [5.74, 6) is -0.474. The summed E-state index contributed by atoms with van der Waals surface area (Å²) < 4.78 is 0. The number of rotatable bonds is 2. The predicted molar refractivity (Wildman–Crippen MR) is 61.6 cm³/mol. The maximum Gasteiger partial charge on any atom is 0.257 e. The molecule has 0 N–H and O–H groups in total. The van der Waals surface area contributed by atoms with Crippen LogP contribution in [0.3, 0.4) is 0 Å². The van der Waals surface area contributed by atoms with Crippen LogP contribution in [0.4, 0.5) is 0 Å². The van der Waals surface area contributed by atoms with E-state index in [1.54, 1.807) is 6.92 Å². The third-order valence-corrected chi connectivity index (χ3v) is 3.64. The molecule has 4 heteroatoms. The van der Waals surface area contributed by atoms with Gasteiger partial charge in [-0.25, -0.2) is 0 Å². The minimum atomic E-state index is -0.580. The lowest BCUT2D eigenvalue weighted by molar-refractivity contribution is -0.140. The number of nitrogens with zero attached hydrogens (tertiary/aromatic N) is 2. The van der Waals surface area contributed by atoms with Crippen molar-refractivity contribution in [3.8, 4) is 6.07 Å². The summed E-state index contributed by atoms with van der Waals surface area (Å²) in [6.07, 6.45) is 6.57. The second-order valence-electron chi connectivity index (χ2n) is 4.81. The molecule has 1 aliphatic heterocycles. The molecule has 0 spiro atoms. The van der Waals surface area contributed by atoms with E-state index in [9.17, 15) is 14.9 Å². The van der Waals surface area contributed by atoms with Gasteiger partial charge in [-0.15, -0.1) is 0 Å². The number of carbonyl (C=O) groups is 2. The van der Waals surface area contributed by atoms with Crippen molar-refractivity contribution in [2.45, 2.75) is 45.1 Å². The van der Waals surface area contributed by atoms with Crippen molar-refractivity contribution >= 4 is 11.8 Å². The van der Waals surface area contributed by atoms with Gasteiger partial charge in [-0.05, 0) is 25.7 Å². The molecule has 1 atom stereocenters. The van der Waals surface area contributed by atoms with E-state index in [4.69, 9.17) is 0 Å². The first kappa shape index (κ1) is 11.8. The Kier molecular flexibility index (Phi) is 3.28. The Labute approximate surface area is 101 Å². The van der Waals surface area contributed by atoms with Crippen molar-refractivity contribution in [3.05, 3.63) is 11.6 Å². The van der Waals surface area contributed by atoms with Crippen molar-refractivity contribution < 1.29 is 9.59 Å². The summed E-state index contributed by atoms with van der Waals surface area (Å²) in [5.41, 5.74) is 0.436. The fourth-order valence-corrected chi connectivity index (χ4v) is 2.69. The average Bonchev–Trinajstić information content (AvgIpc) is 2.58. The molecule has 0 aromatic carbocycles. The Morgan fingerprint density at radius 2 is 2.00 bits per heavy atom. The van der Waals surface area contributed by atoms with E-state index in [1.165, 1.54) is 12.5 Å². The third-order valence-electron chi connectivity index (χ3n) is 3.64. The van der Waals surface area contributed by atoms with Crippen LogP contribution in [0.2, 0.25) is 0 Å². The van der Waals surface area contributed by atoms with Crippen molar-refractivity contribution in [2.75, 3.05) is 0 Å². The molecule has 2 amide bonds. The van der Waals surface area contributed by atoms with Gasteiger partial charge < -0.3 is 0 Å². The molecule has 2 rings (SSSR count). The van der Waals surface area contributed by atoms with Crippen LogP contribution in [0.1, 0.15) is 39.0 Å². The van der Waals surface area contributed by atoms with Gasteiger partial charge in [0.1, 0.15) is 6.04 Å². The molecule has 2 aliphatic rings. The molecule has 0 aromatic heterocycles. The second kappa shape index (κ2) is 4.70. The van der Waals surface area contributed by atoms with Crippen LogP contribution in [0.5, 0.6) is 0 Å². The number of carbonyl (C=O) groups excluding carboxylic acids is 2. The standard InChI is InChI=1S/C13H16N2O2/c1-9-7-12(16)15(13(9)17)11(8-14)10-5-3-2-4-6-10/h7,10-11H,2-6H2,1H3. The highest BCUT2D eigenvalue weighted by atomic mass is 16.2.